The molecule has 80 valence electrons. The first-order chi connectivity index (χ1) is 6.56. The van der Waals surface area contributed by atoms with Gasteiger partial charge in [-0.3, -0.25) is 0 Å². The molecule has 3 aliphatic carbocycles. The molecule has 0 unspecified atom stereocenters. The fourth-order valence-electron chi connectivity index (χ4n) is 3.99. The molecule has 3 aliphatic rings. The van der Waals surface area contributed by atoms with E-state index in [0.717, 1.165) is 32.1 Å². The molecule has 1 nitrogen and oxygen atoms in total. The lowest BCUT2D eigenvalue weighted by molar-refractivity contribution is 0.0185. The van der Waals surface area contributed by atoms with Gasteiger partial charge in [-0.2, -0.15) is 0 Å². The van der Waals surface area contributed by atoms with Crippen molar-refractivity contribution in [2.75, 3.05) is 0 Å². The van der Waals surface area contributed by atoms with Gasteiger partial charge in [0.15, 0.2) is 0 Å². The first kappa shape index (κ1) is 9.08. The topological polar surface area (TPSA) is 26.0 Å². The van der Waals surface area contributed by atoms with Gasteiger partial charge in [-0.05, 0) is 38.5 Å². The van der Waals surface area contributed by atoms with E-state index in [4.69, 9.17) is 5.73 Å². The molecule has 2 N–H and O–H groups in total. The molecule has 14 heavy (non-hydrogen) atoms. The summed E-state index contributed by atoms with van der Waals surface area (Å²) in [4.78, 5) is 0. The Morgan fingerprint density at radius 2 is 1.43 bits per heavy atom. The van der Waals surface area contributed by atoms with Crippen molar-refractivity contribution in [3.8, 4) is 0 Å². The summed E-state index contributed by atoms with van der Waals surface area (Å²) in [6.07, 6.45) is 5.46. The van der Waals surface area contributed by atoms with E-state index < -0.39 is 16.8 Å². The highest BCUT2D eigenvalue weighted by atomic mass is 19.3. The van der Waals surface area contributed by atoms with Crippen molar-refractivity contribution in [2.24, 2.45) is 16.6 Å². The van der Waals surface area contributed by atoms with Crippen LogP contribution in [0.1, 0.15) is 44.9 Å². The van der Waals surface area contributed by atoms with Crippen LogP contribution in [0.5, 0.6) is 0 Å². The van der Waals surface area contributed by atoms with E-state index >= 15 is 0 Å². The van der Waals surface area contributed by atoms with Gasteiger partial charge in [-0.1, -0.05) is 6.42 Å². The average molecular weight is 201 g/mol. The third-order valence-electron chi connectivity index (χ3n) is 5.15. The molecule has 0 bridgehead atoms. The third kappa shape index (κ3) is 0.689. The standard InChI is InChI=1S/C11H17F2N/c12-11(13)9(4-1-5-9)10(11)6-2-8(14)3-7-10/h8H,1-7,14H2. The van der Waals surface area contributed by atoms with E-state index in [1.807, 2.05) is 0 Å². The van der Waals surface area contributed by atoms with Crippen molar-refractivity contribution in [1.29, 1.82) is 0 Å². The zero-order chi connectivity index (χ0) is 10.0. The molecule has 0 heterocycles. The molecule has 0 aromatic carbocycles. The Labute approximate surface area is 83.0 Å². The lowest BCUT2D eigenvalue weighted by Crippen LogP contribution is -2.32. The Hall–Kier alpha value is -0.180. The van der Waals surface area contributed by atoms with Gasteiger partial charge in [0.1, 0.15) is 0 Å². The van der Waals surface area contributed by atoms with Crippen molar-refractivity contribution in [3.63, 3.8) is 0 Å². The number of nitrogens with two attached hydrogens (primary N) is 1. The van der Waals surface area contributed by atoms with Gasteiger partial charge in [-0.15, -0.1) is 0 Å². The second-order valence-electron chi connectivity index (χ2n) is 5.43. The largest absolute Gasteiger partial charge is 0.328 e. The van der Waals surface area contributed by atoms with Gasteiger partial charge in [0, 0.05) is 16.9 Å². The van der Waals surface area contributed by atoms with Crippen LogP contribution < -0.4 is 5.73 Å². The summed E-state index contributed by atoms with van der Waals surface area (Å²) in [7, 11) is 0. The minimum absolute atomic E-state index is 0.175. The van der Waals surface area contributed by atoms with Crippen LogP contribution in [0.4, 0.5) is 8.78 Å². The Morgan fingerprint density at radius 3 is 1.79 bits per heavy atom. The molecule has 0 aromatic heterocycles. The molecule has 3 heteroatoms. The van der Waals surface area contributed by atoms with Crippen LogP contribution in [0.15, 0.2) is 0 Å². The van der Waals surface area contributed by atoms with E-state index in [2.05, 4.69) is 0 Å². The Morgan fingerprint density at radius 1 is 0.929 bits per heavy atom. The van der Waals surface area contributed by atoms with Gasteiger partial charge in [0.2, 0.25) is 0 Å². The molecule has 0 atom stereocenters. The number of hydrogen-bond acceptors (Lipinski definition) is 1. The molecule has 0 amide bonds. The molecular weight excluding hydrogens is 184 g/mol. The number of hydrogen-bond donors (Lipinski definition) is 1. The molecule has 0 radical (unpaired) electrons. The van der Waals surface area contributed by atoms with Crippen LogP contribution in [-0.4, -0.2) is 12.0 Å². The highest BCUT2D eigenvalue weighted by Gasteiger charge is 2.90. The van der Waals surface area contributed by atoms with E-state index in [9.17, 15) is 8.78 Å². The fourth-order valence-corrected chi connectivity index (χ4v) is 3.99. The van der Waals surface area contributed by atoms with Crippen molar-refractivity contribution in [2.45, 2.75) is 56.9 Å². The third-order valence-corrected chi connectivity index (χ3v) is 5.15. The highest BCUT2D eigenvalue weighted by Crippen LogP contribution is 2.86. The summed E-state index contributed by atoms with van der Waals surface area (Å²) in [5, 5.41) is 0. The maximum atomic E-state index is 13.9. The number of halogens is 2. The first-order valence-corrected chi connectivity index (χ1v) is 5.69. The lowest BCUT2D eigenvalue weighted by atomic mass is 9.69. The van der Waals surface area contributed by atoms with Gasteiger partial charge >= 0.3 is 0 Å². The summed E-state index contributed by atoms with van der Waals surface area (Å²) in [6, 6.07) is 0.175. The van der Waals surface area contributed by atoms with Crippen LogP contribution in [-0.2, 0) is 0 Å². The highest BCUT2D eigenvalue weighted by molar-refractivity contribution is 5.31. The summed E-state index contributed by atoms with van der Waals surface area (Å²) < 4.78 is 27.7. The minimum atomic E-state index is -2.36. The summed E-state index contributed by atoms with van der Waals surface area (Å²) in [5.41, 5.74) is 4.59. The Kier molecular flexibility index (Phi) is 1.50. The molecule has 0 saturated heterocycles. The maximum absolute atomic E-state index is 13.9. The lowest BCUT2D eigenvalue weighted by Gasteiger charge is -2.34. The van der Waals surface area contributed by atoms with Gasteiger partial charge < -0.3 is 5.73 Å². The SMILES string of the molecule is NC1CCC2(CC1)C(F)(F)C21CCC1. The molecule has 3 saturated carbocycles. The van der Waals surface area contributed by atoms with Crippen LogP contribution >= 0.6 is 0 Å². The van der Waals surface area contributed by atoms with Gasteiger partial charge in [0.05, 0.1) is 0 Å². The second-order valence-corrected chi connectivity index (χ2v) is 5.43. The molecule has 2 spiro atoms. The first-order valence-electron chi connectivity index (χ1n) is 5.69. The molecular formula is C11H17F2N. The summed E-state index contributed by atoms with van der Waals surface area (Å²) in [6.45, 7) is 0. The zero-order valence-corrected chi connectivity index (χ0v) is 8.36. The Balaban J connectivity index is 1.85. The molecule has 3 rings (SSSR count). The fraction of sp³-hybridized carbons (Fsp3) is 1.00. The number of alkyl halides is 2. The normalized spacial score (nSPS) is 47.8. The smallest absolute Gasteiger partial charge is 0.260 e. The quantitative estimate of drug-likeness (QED) is 0.640. The molecule has 3 fully saturated rings. The predicted molar refractivity (Wildman–Crippen MR) is 50.1 cm³/mol. The van der Waals surface area contributed by atoms with Crippen molar-refractivity contribution in [1.82, 2.24) is 0 Å². The Bertz CT molecular complexity index is 262. The minimum Gasteiger partial charge on any atom is -0.328 e. The average Bonchev–Trinajstić information content (AvgIpc) is 2.48. The van der Waals surface area contributed by atoms with Crippen LogP contribution in [0, 0.1) is 10.8 Å². The van der Waals surface area contributed by atoms with Gasteiger partial charge in [-0.25, -0.2) is 8.78 Å². The summed E-state index contributed by atoms with van der Waals surface area (Å²) >= 11 is 0. The number of fused-ring (bicyclic) bond motifs is 1. The number of rotatable bonds is 0. The van der Waals surface area contributed by atoms with Crippen molar-refractivity contribution in [3.05, 3.63) is 0 Å². The predicted octanol–water partition coefficient (Wildman–Crippen LogP) is 2.69. The van der Waals surface area contributed by atoms with E-state index in [1.54, 1.807) is 0 Å². The zero-order valence-electron chi connectivity index (χ0n) is 8.36. The van der Waals surface area contributed by atoms with Crippen LogP contribution in [0.2, 0.25) is 0 Å². The van der Waals surface area contributed by atoms with Crippen LogP contribution in [0.3, 0.4) is 0 Å². The molecule has 0 aromatic rings. The molecule has 0 aliphatic heterocycles. The maximum Gasteiger partial charge on any atom is 0.260 e. The van der Waals surface area contributed by atoms with Crippen LogP contribution in [0.25, 0.3) is 0 Å². The van der Waals surface area contributed by atoms with E-state index in [-0.39, 0.29) is 6.04 Å². The monoisotopic (exact) mass is 201 g/mol. The van der Waals surface area contributed by atoms with E-state index in [1.165, 1.54) is 0 Å². The van der Waals surface area contributed by atoms with Crippen molar-refractivity contribution < 1.29 is 8.78 Å². The van der Waals surface area contributed by atoms with Gasteiger partial charge in [0.25, 0.3) is 5.92 Å². The van der Waals surface area contributed by atoms with E-state index in [0.29, 0.717) is 12.8 Å². The summed E-state index contributed by atoms with van der Waals surface area (Å²) in [5.74, 6) is -2.36. The van der Waals surface area contributed by atoms with Crippen molar-refractivity contribution >= 4 is 0 Å². The second kappa shape index (κ2) is 2.31.